The molecular weight excluding hydrogens is 384 g/mol. The van der Waals surface area contributed by atoms with Gasteiger partial charge in [0.1, 0.15) is 6.10 Å². The zero-order chi connectivity index (χ0) is 21.1. The van der Waals surface area contributed by atoms with Crippen LogP contribution in [0.25, 0.3) is 0 Å². The number of pyridine rings is 1. The van der Waals surface area contributed by atoms with Crippen LogP contribution in [0.1, 0.15) is 44.4 Å². The van der Waals surface area contributed by atoms with E-state index in [9.17, 15) is 9.59 Å². The van der Waals surface area contributed by atoms with E-state index in [0.29, 0.717) is 41.4 Å². The van der Waals surface area contributed by atoms with Crippen molar-refractivity contribution in [1.29, 1.82) is 0 Å². The van der Waals surface area contributed by atoms with Crippen LogP contribution in [-0.4, -0.2) is 30.4 Å². The van der Waals surface area contributed by atoms with Crippen molar-refractivity contribution >= 4 is 11.7 Å². The fourth-order valence-electron chi connectivity index (χ4n) is 3.39. The van der Waals surface area contributed by atoms with E-state index in [1.54, 1.807) is 48.8 Å². The van der Waals surface area contributed by atoms with E-state index >= 15 is 0 Å². The second kappa shape index (κ2) is 8.24. The number of fused-ring (bicyclic) bond motifs is 1. The summed E-state index contributed by atoms with van der Waals surface area (Å²) in [7, 11) is 1.51. The van der Waals surface area contributed by atoms with Gasteiger partial charge < -0.3 is 19.9 Å². The van der Waals surface area contributed by atoms with Gasteiger partial charge in [0, 0.05) is 24.4 Å². The summed E-state index contributed by atoms with van der Waals surface area (Å²) in [4.78, 5) is 27.7. The van der Waals surface area contributed by atoms with Gasteiger partial charge >= 0.3 is 0 Å². The number of hydrogen-bond acceptors (Lipinski definition) is 6. The van der Waals surface area contributed by atoms with Gasteiger partial charge in [0.15, 0.2) is 17.3 Å². The molecule has 1 unspecified atom stereocenters. The SMILES string of the molecule is COc1c(OC(c2ccncc2)c2ccc(C(N)=O)cc2)ccc2c1OCCC2=O. The van der Waals surface area contributed by atoms with Crippen LogP contribution in [-0.2, 0) is 0 Å². The fraction of sp³-hybridized carbons (Fsp3) is 0.174. The molecule has 1 aliphatic heterocycles. The van der Waals surface area contributed by atoms with Crippen molar-refractivity contribution in [2.24, 2.45) is 5.73 Å². The number of ketones is 1. The molecule has 2 heterocycles. The van der Waals surface area contributed by atoms with E-state index in [0.717, 1.165) is 11.1 Å². The fourth-order valence-corrected chi connectivity index (χ4v) is 3.39. The number of Topliss-reactive ketones (excluding diaryl/α,β-unsaturated/α-hetero) is 1. The van der Waals surface area contributed by atoms with Gasteiger partial charge in [-0.25, -0.2) is 0 Å². The molecule has 4 rings (SSSR count). The van der Waals surface area contributed by atoms with Gasteiger partial charge in [0.25, 0.3) is 0 Å². The first-order valence-corrected chi connectivity index (χ1v) is 9.42. The van der Waals surface area contributed by atoms with Crippen LogP contribution in [0.5, 0.6) is 17.2 Å². The Balaban J connectivity index is 1.76. The van der Waals surface area contributed by atoms with Crippen LogP contribution in [0.3, 0.4) is 0 Å². The minimum absolute atomic E-state index is 0.00817. The molecule has 7 heteroatoms. The molecule has 0 radical (unpaired) electrons. The van der Waals surface area contributed by atoms with Crippen molar-refractivity contribution in [1.82, 2.24) is 4.98 Å². The van der Waals surface area contributed by atoms with Crippen molar-refractivity contribution in [3.05, 3.63) is 83.2 Å². The average molecular weight is 404 g/mol. The first kappa shape index (κ1) is 19.4. The highest BCUT2D eigenvalue weighted by molar-refractivity contribution is 6.00. The molecule has 30 heavy (non-hydrogen) atoms. The van der Waals surface area contributed by atoms with E-state index in [4.69, 9.17) is 19.9 Å². The highest BCUT2D eigenvalue weighted by Crippen LogP contribution is 2.44. The van der Waals surface area contributed by atoms with Gasteiger partial charge in [-0.3, -0.25) is 14.6 Å². The Labute approximate surface area is 173 Å². The van der Waals surface area contributed by atoms with E-state index in [1.165, 1.54) is 7.11 Å². The van der Waals surface area contributed by atoms with Crippen molar-refractivity contribution in [2.45, 2.75) is 12.5 Å². The topological polar surface area (TPSA) is 101 Å². The smallest absolute Gasteiger partial charge is 0.248 e. The summed E-state index contributed by atoms with van der Waals surface area (Å²) in [5, 5.41) is 0. The minimum Gasteiger partial charge on any atom is -0.490 e. The Morgan fingerprint density at radius 3 is 2.43 bits per heavy atom. The maximum absolute atomic E-state index is 12.2. The number of nitrogens with zero attached hydrogens (tertiary/aromatic N) is 1. The normalized spacial score (nSPS) is 13.7. The molecular formula is C23H20N2O5. The number of primary amides is 1. The van der Waals surface area contributed by atoms with Crippen LogP contribution in [0, 0.1) is 0 Å². The highest BCUT2D eigenvalue weighted by Gasteiger charge is 2.27. The van der Waals surface area contributed by atoms with E-state index in [2.05, 4.69) is 4.98 Å². The molecule has 0 spiro atoms. The molecule has 2 N–H and O–H groups in total. The second-order valence-electron chi connectivity index (χ2n) is 6.76. The average Bonchev–Trinajstić information content (AvgIpc) is 2.78. The number of nitrogens with two attached hydrogens (primary N) is 1. The third kappa shape index (κ3) is 3.69. The number of methoxy groups -OCH3 is 1. The first-order valence-electron chi connectivity index (χ1n) is 9.42. The van der Waals surface area contributed by atoms with Crippen LogP contribution in [0.4, 0.5) is 0 Å². The van der Waals surface area contributed by atoms with Crippen molar-refractivity contribution in [3.63, 3.8) is 0 Å². The number of rotatable bonds is 6. The monoisotopic (exact) mass is 404 g/mol. The van der Waals surface area contributed by atoms with Crippen LogP contribution < -0.4 is 19.9 Å². The predicted molar refractivity (Wildman–Crippen MR) is 109 cm³/mol. The van der Waals surface area contributed by atoms with Crippen LogP contribution in [0.2, 0.25) is 0 Å². The third-order valence-electron chi connectivity index (χ3n) is 4.91. The number of benzene rings is 2. The largest absolute Gasteiger partial charge is 0.490 e. The summed E-state index contributed by atoms with van der Waals surface area (Å²) >= 11 is 0. The highest BCUT2D eigenvalue weighted by atomic mass is 16.5. The molecule has 0 saturated carbocycles. The summed E-state index contributed by atoms with van der Waals surface area (Å²) < 4.78 is 17.6. The third-order valence-corrected chi connectivity index (χ3v) is 4.91. The quantitative estimate of drug-likeness (QED) is 0.676. The Morgan fingerprint density at radius 2 is 1.77 bits per heavy atom. The standard InChI is InChI=1S/C23H20N2O5/c1-28-22-19(7-6-17-18(26)10-13-29-21(17)22)30-20(15-8-11-25-12-9-15)14-2-4-16(5-3-14)23(24)27/h2-9,11-12,20H,10,13H2,1H3,(H2,24,27). The number of hydrogen-bond donors (Lipinski definition) is 1. The summed E-state index contributed by atoms with van der Waals surface area (Å²) in [6.45, 7) is 0.300. The minimum atomic E-state index is -0.513. The molecule has 1 atom stereocenters. The zero-order valence-electron chi connectivity index (χ0n) is 16.3. The van der Waals surface area contributed by atoms with Crippen LogP contribution >= 0.6 is 0 Å². The number of carbonyl (C=O) groups is 2. The molecule has 3 aromatic rings. The lowest BCUT2D eigenvalue weighted by Crippen LogP contribution is -2.17. The van der Waals surface area contributed by atoms with Crippen molar-refractivity contribution in [2.75, 3.05) is 13.7 Å². The molecule has 0 saturated heterocycles. The summed E-state index contributed by atoms with van der Waals surface area (Å²) in [5.74, 6) is 0.707. The number of carbonyl (C=O) groups excluding carboxylic acids is 2. The summed E-state index contributed by atoms with van der Waals surface area (Å²) in [5.41, 5.74) is 7.91. The number of aromatic nitrogens is 1. The van der Waals surface area contributed by atoms with Crippen molar-refractivity contribution < 1.29 is 23.8 Å². The molecule has 1 aliphatic rings. The Kier molecular flexibility index (Phi) is 5.34. The molecule has 0 aliphatic carbocycles. The molecule has 152 valence electrons. The van der Waals surface area contributed by atoms with E-state index in [1.807, 2.05) is 12.1 Å². The molecule has 1 aromatic heterocycles. The molecule has 7 nitrogen and oxygen atoms in total. The van der Waals surface area contributed by atoms with Gasteiger partial charge in [0.2, 0.25) is 11.7 Å². The molecule has 0 fully saturated rings. The molecule has 1 amide bonds. The summed E-state index contributed by atoms with van der Waals surface area (Å²) in [6.07, 6.45) is 3.17. The zero-order valence-corrected chi connectivity index (χ0v) is 16.3. The van der Waals surface area contributed by atoms with Gasteiger partial charge in [-0.05, 0) is 47.5 Å². The Morgan fingerprint density at radius 1 is 1.07 bits per heavy atom. The predicted octanol–water partition coefficient (Wildman–Crippen LogP) is 3.32. The summed E-state index contributed by atoms with van der Waals surface area (Å²) in [6, 6.07) is 14.0. The number of ether oxygens (including phenoxy) is 3. The van der Waals surface area contributed by atoms with Crippen LogP contribution in [0.15, 0.2) is 60.9 Å². The molecule has 0 bridgehead atoms. The maximum Gasteiger partial charge on any atom is 0.248 e. The number of amides is 1. The maximum atomic E-state index is 12.2. The van der Waals surface area contributed by atoms with Gasteiger partial charge in [0.05, 0.1) is 19.3 Å². The lowest BCUT2D eigenvalue weighted by Gasteiger charge is -2.24. The Bertz CT molecular complexity index is 1080. The first-order chi connectivity index (χ1) is 14.6. The van der Waals surface area contributed by atoms with E-state index in [-0.39, 0.29) is 5.78 Å². The lowest BCUT2D eigenvalue weighted by atomic mass is 10.0. The second-order valence-corrected chi connectivity index (χ2v) is 6.76. The van der Waals surface area contributed by atoms with E-state index < -0.39 is 12.0 Å². The van der Waals surface area contributed by atoms with Crippen molar-refractivity contribution in [3.8, 4) is 17.2 Å². The Hall–Kier alpha value is -3.87. The molecule has 2 aromatic carbocycles. The lowest BCUT2D eigenvalue weighted by molar-refractivity contribution is 0.0928. The van der Waals surface area contributed by atoms with Gasteiger partial charge in [-0.1, -0.05) is 12.1 Å². The van der Waals surface area contributed by atoms with Gasteiger partial charge in [-0.2, -0.15) is 0 Å². The van der Waals surface area contributed by atoms with Gasteiger partial charge in [-0.15, -0.1) is 0 Å².